The maximum absolute atomic E-state index is 2.94. The van der Waals surface area contributed by atoms with E-state index in [0.29, 0.717) is 0 Å². The van der Waals surface area contributed by atoms with E-state index in [-0.39, 0.29) is 0 Å². The second-order valence-electron chi connectivity index (χ2n) is 1.82. The van der Waals surface area contributed by atoms with Gasteiger partial charge in [-0.05, 0) is 31.3 Å². The zero-order chi connectivity index (χ0) is 7.66. The number of rotatable bonds is 1. The molecule has 0 aliphatic heterocycles. The van der Waals surface area contributed by atoms with Gasteiger partial charge in [0, 0.05) is 6.42 Å². The fourth-order valence-corrected chi connectivity index (χ4v) is 0.393. The number of hydrogen-bond donors (Lipinski definition) is 0. The lowest BCUT2D eigenvalue weighted by Crippen LogP contribution is -1.59. The topological polar surface area (TPSA) is 0 Å². The van der Waals surface area contributed by atoms with Crippen molar-refractivity contribution < 1.29 is 0 Å². The summed E-state index contributed by atoms with van der Waals surface area (Å²) in [5.41, 5.74) is 0. The molecule has 0 aromatic heterocycles. The molecule has 0 spiro atoms. The highest BCUT2D eigenvalue weighted by Gasteiger charge is 1.65. The lowest BCUT2D eigenvalue weighted by molar-refractivity contribution is 0.983. The largest absolute Gasteiger partial charge is 0.0891 e. The Morgan fingerprint density at radius 3 is 2.70 bits per heavy atom. The van der Waals surface area contributed by atoms with Crippen LogP contribution < -0.4 is 0 Å². The maximum atomic E-state index is 2.94. The highest BCUT2D eigenvalue weighted by Crippen LogP contribution is 1.79. The molecule has 52 valence electrons. The molecule has 0 saturated carbocycles. The summed E-state index contributed by atoms with van der Waals surface area (Å²) in [6.45, 7) is 4.04. The minimum Gasteiger partial charge on any atom is -0.0891 e. The molecule has 0 radical (unpaired) electrons. The lowest BCUT2D eigenvalue weighted by Gasteiger charge is -1.72. The van der Waals surface area contributed by atoms with Crippen LogP contribution >= 0.6 is 0 Å². The van der Waals surface area contributed by atoms with E-state index in [1.807, 2.05) is 13.0 Å². The third-order valence-corrected chi connectivity index (χ3v) is 0.848. The number of hydrogen-bond acceptors (Lipinski definition) is 0. The molecule has 0 N–H and O–H groups in total. The zero-order valence-corrected chi connectivity index (χ0v) is 6.57. The minimum atomic E-state index is 0.949. The van der Waals surface area contributed by atoms with Gasteiger partial charge in [-0.25, -0.2) is 0 Å². The molecule has 0 aromatic carbocycles. The van der Waals surface area contributed by atoms with Crippen LogP contribution in [0, 0.1) is 23.7 Å². The van der Waals surface area contributed by atoms with Crippen molar-refractivity contribution in [3.8, 4) is 23.7 Å². The van der Waals surface area contributed by atoms with Crippen molar-refractivity contribution in [1.82, 2.24) is 0 Å². The summed E-state index contributed by atoms with van der Waals surface area (Å²) in [4.78, 5) is 0. The average Bonchev–Trinajstić information content (AvgIpc) is 1.97. The van der Waals surface area contributed by atoms with Gasteiger partial charge in [0.2, 0.25) is 0 Å². The molecule has 0 aromatic rings. The third-order valence-electron chi connectivity index (χ3n) is 0.848. The Hall–Kier alpha value is -1.14. The van der Waals surface area contributed by atoms with Gasteiger partial charge in [-0.3, -0.25) is 0 Å². The predicted molar refractivity (Wildman–Crippen MR) is 45.3 cm³/mol. The van der Waals surface area contributed by atoms with Gasteiger partial charge in [-0.15, -0.1) is 0 Å². The predicted octanol–water partition coefficient (Wildman–Crippen LogP) is 2.37. The van der Waals surface area contributed by atoms with Crippen LogP contribution in [0.3, 0.4) is 0 Å². The molecule has 0 amide bonds. The van der Waals surface area contributed by atoms with Gasteiger partial charge in [0.25, 0.3) is 0 Å². The van der Waals surface area contributed by atoms with Crippen molar-refractivity contribution in [2.45, 2.75) is 26.7 Å². The smallest absolute Gasteiger partial charge is 0.00963 e. The van der Waals surface area contributed by atoms with E-state index in [1.54, 1.807) is 6.08 Å². The van der Waals surface area contributed by atoms with Gasteiger partial charge in [0.05, 0.1) is 0 Å². The van der Waals surface area contributed by atoms with Crippen LogP contribution in [0.4, 0.5) is 0 Å². The fraction of sp³-hybridized carbons (Fsp3) is 0.400. The van der Waals surface area contributed by atoms with Crippen LogP contribution in [-0.2, 0) is 0 Å². The molecule has 10 heavy (non-hydrogen) atoms. The summed E-state index contributed by atoms with van der Waals surface area (Å²) in [6, 6.07) is 0. The summed E-state index contributed by atoms with van der Waals surface area (Å²) in [6.07, 6.45) is 5.75. The summed E-state index contributed by atoms with van der Waals surface area (Å²) < 4.78 is 0. The summed E-state index contributed by atoms with van der Waals surface area (Å²) in [5.74, 6) is 11.2. The van der Waals surface area contributed by atoms with Gasteiger partial charge < -0.3 is 0 Å². The second kappa shape index (κ2) is 7.86. The SMILES string of the molecule is CC=CC#CC#CCCC. The molecule has 0 unspecified atom stereocenters. The van der Waals surface area contributed by atoms with Crippen molar-refractivity contribution in [1.29, 1.82) is 0 Å². The van der Waals surface area contributed by atoms with Crippen molar-refractivity contribution >= 4 is 0 Å². The van der Waals surface area contributed by atoms with E-state index in [0.717, 1.165) is 12.8 Å². The Kier molecular flexibility index (Phi) is 6.96. The zero-order valence-electron chi connectivity index (χ0n) is 6.57. The van der Waals surface area contributed by atoms with Crippen molar-refractivity contribution in [3.63, 3.8) is 0 Å². The molecule has 0 nitrogen and oxygen atoms in total. The minimum absolute atomic E-state index is 0.949. The first kappa shape index (κ1) is 8.86. The highest BCUT2D eigenvalue weighted by atomic mass is 13.7. The van der Waals surface area contributed by atoms with Crippen LogP contribution in [-0.4, -0.2) is 0 Å². The number of allylic oxidation sites excluding steroid dienone is 2. The average molecular weight is 132 g/mol. The Morgan fingerprint density at radius 2 is 2.10 bits per heavy atom. The van der Waals surface area contributed by atoms with Crippen LogP contribution in [0.25, 0.3) is 0 Å². The first-order valence-electron chi connectivity index (χ1n) is 3.51. The van der Waals surface area contributed by atoms with E-state index in [9.17, 15) is 0 Å². The normalized spacial score (nSPS) is 7.80. The van der Waals surface area contributed by atoms with E-state index in [4.69, 9.17) is 0 Å². The molecular weight excluding hydrogens is 120 g/mol. The molecule has 0 saturated heterocycles. The van der Waals surface area contributed by atoms with Gasteiger partial charge in [0.15, 0.2) is 0 Å². The van der Waals surface area contributed by atoms with Gasteiger partial charge in [-0.1, -0.05) is 24.8 Å². The summed E-state index contributed by atoms with van der Waals surface area (Å²) >= 11 is 0. The van der Waals surface area contributed by atoms with E-state index in [2.05, 4.69) is 30.6 Å². The first-order valence-corrected chi connectivity index (χ1v) is 3.51. The monoisotopic (exact) mass is 132 g/mol. The highest BCUT2D eigenvalue weighted by molar-refractivity contribution is 5.30. The van der Waals surface area contributed by atoms with Gasteiger partial charge >= 0.3 is 0 Å². The van der Waals surface area contributed by atoms with Crippen LogP contribution in [0.1, 0.15) is 26.7 Å². The lowest BCUT2D eigenvalue weighted by atomic mass is 10.3. The van der Waals surface area contributed by atoms with Crippen molar-refractivity contribution in [3.05, 3.63) is 12.2 Å². The molecule has 0 rings (SSSR count). The Labute approximate surface area is 63.3 Å². The second-order valence-corrected chi connectivity index (χ2v) is 1.82. The van der Waals surface area contributed by atoms with E-state index in [1.165, 1.54) is 0 Å². The molecule has 0 atom stereocenters. The molecule has 0 aliphatic rings. The summed E-state index contributed by atoms with van der Waals surface area (Å²) in [5, 5.41) is 0. The maximum Gasteiger partial charge on any atom is 0.00963 e. The molecular formula is C10H12. The molecule has 0 aliphatic carbocycles. The molecule has 0 bridgehead atoms. The van der Waals surface area contributed by atoms with Crippen LogP contribution in [0.5, 0.6) is 0 Å². The number of unbranched alkanes of at least 4 members (excludes halogenated alkanes) is 1. The van der Waals surface area contributed by atoms with E-state index < -0.39 is 0 Å². The van der Waals surface area contributed by atoms with Crippen LogP contribution in [0.2, 0.25) is 0 Å². The standard InChI is InChI=1S/C10H12/c1-3-5-7-9-10-8-6-4-2/h3,5H,4,6H2,1-2H3. The Morgan fingerprint density at radius 1 is 1.30 bits per heavy atom. The van der Waals surface area contributed by atoms with Crippen molar-refractivity contribution in [2.24, 2.45) is 0 Å². The molecule has 0 heterocycles. The molecule has 0 fully saturated rings. The van der Waals surface area contributed by atoms with Gasteiger partial charge in [0.1, 0.15) is 0 Å². The van der Waals surface area contributed by atoms with E-state index >= 15 is 0 Å². The third kappa shape index (κ3) is 6.86. The quantitative estimate of drug-likeness (QED) is 0.480. The molecule has 0 heteroatoms. The Bertz CT molecular complexity index is 200. The Balaban J connectivity index is 3.56. The van der Waals surface area contributed by atoms with Crippen molar-refractivity contribution in [2.75, 3.05) is 0 Å². The summed E-state index contributed by atoms with van der Waals surface area (Å²) in [7, 11) is 0. The fourth-order valence-electron chi connectivity index (χ4n) is 0.393. The first-order chi connectivity index (χ1) is 4.91. The van der Waals surface area contributed by atoms with Gasteiger partial charge in [-0.2, -0.15) is 0 Å². The van der Waals surface area contributed by atoms with Crippen LogP contribution in [0.15, 0.2) is 12.2 Å².